The van der Waals surface area contributed by atoms with Gasteiger partial charge in [0.2, 0.25) is 11.9 Å². The first-order chi connectivity index (χ1) is 71.7. The largest absolute Gasteiger partial charge is 0.394 e. The minimum atomic E-state index is -0.746. The van der Waals surface area contributed by atoms with E-state index < -0.39 is 59.3 Å². The topological polar surface area (TPSA) is 573 Å². The number of urea groups is 1. The van der Waals surface area contributed by atoms with Crippen LogP contribution in [0.4, 0.5) is 35.7 Å². The minimum absolute atomic E-state index is 0.0953. The summed E-state index contributed by atoms with van der Waals surface area (Å²) in [6.45, 7) is 1.83. The molecule has 12 aromatic heterocycles. The standard InChI is InChI=1S/C18H17ClN4O2.2C18H17FN4O2.C17H15ClN4O.C17H19N7O.C16H15FN6O2/c19-14-3-1-2-12(8-14)9-15(11-24)21-18(25)17-10-16(22-23-17)13-4-6-20-7-5-13;1-23-17(12-5-7-20-8-6-12)10-15(22-23)18(25)21-16(11-24)13-3-2-4-14(19)9-13;1-23-17(10-15(22-23)12-5-7-20-8-6-12)18(25)21-16(11-24)13-3-2-4-14(19)9-13;18-14-3-1-2-12(10-14)4-9-20-17(23)16-11-15(21-22-16)13-5-7-19-8-6-13;1-2-11-4-3-5-12(8-11)10-20-17(25)22-15-9-14(23-24-15)13-6-7-19-16(18)21-13;17-10-3-1-2-9(6-10)14(8-24)20-15(25)13-7-12(22-23-13)11-4-5-19-16(18)21-11/h1-8,10,15,24H,9,11H2,(H,21,25)(H,22,23);2*2-10,16,24H,11H2,1H3,(H,21,25);1-3,5-8,10-11H,4,9H2,(H,20,23)(H,21,22);3-9H,2,10H2,1H3,(H2,18,19,21)(H3,20,22,23,24,25);1-7,14,24H,8H2,(H,20,25)(H,22,23)(H2,18,19,21)/t;;;;;14-/m.....1/s1. The monoisotopic (exact) mass is 2040 g/mol. The molecule has 0 aliphatic heterocycles. The first-order valence-electron chi connectivity index (χ1n) is 45.7. The third-order valence-corrected chi connectivity index (χ3v) is 22.4. The highest BCUT2D eigenvalue weighted by molar-refractivity contribution is 6.31. The van der Waals surface area contributed by atoms with Gasteiger partial charge in [-0.05, 0) is 210 Å². The van der Waals surface area contributed by atoms with Gasteiger partial charge in [-0.25, -0.2) is 37.9 Å². The van der Waals surface area contributed by atoms with E-state index in [-0.39, 0.29) is 67.6 Å². The first kappa shape index (κ1) is 107. The predicted molar refractivity (Wildman–Crippen MR) is 548 cm³/mol. The van der Waals surface area contributed by atoms with E-state index in [1.165, 1.54) is 77.1 Å². The molecule has 12 heterocycles. The summed E-state index contributed by atoms with van der Waals surface area (Å²) >= 11 is 11.9. The number of pyridine rings is 4. The predicted octanol–water partition coefficient (Wildman–Crippen LogP) is 13.1. The maximum atomic E-state index is 13.4. The Kier molecular flexibility index (Phi) is 38.9. The normalized spacial score (nSPS) is 11.5. The summed E-state index contributed by atoms with van der Waals surface area (Å²) < 4.78 is 43.1. The van der Waals surface area contributed by atoms with Gasteiger partial charge in [-0.3, -0.25) is 79.0 Å². The molecule has 0 saturated carbocycles. The Hall–Kier alpha value is -18.2. The number of aliphatic hydroxyl groups is 4. The lowest BCUT2D eigenvalue weighted by atomic mass is 10.1. The van der Waals surface area contributed by atoms with Crippen LogP contribution in [0.1, 0.15) is 116 Å². The number of nitrogen functional groups attached to an aromatic ring is 2. The van der Waals surface area contributed by atoms with Crippen molar-refractivity contribution in [1.82, 2.24) is 132 Å². The fourth-order valence-electron chi connectivity index (χ4n) is 14.4. The van der Waals surface area contributed by atoms with Crippen LogP contribution in [0.15, 0.2) is 305 Å². The van der Waals surface area contributed by atoms with Crippen LogP contribution in [0.2, 0.25) is 10.0 Å². The molecule has 756 valence electrons. The fraction of sp³-hybridized carbons (Fsp3) is 0.154. The smallest absolute Gasteiger partial charge is 0.320 e. The van der Waals surface area contributed by atoms with Crippen molar-refractivity contribution in [1.29, 1.82) is 0 Å². The summed E-state index contributed by atoms with van der Waals surface area (Å²) in [5.41, 5.74) is 26.7. The van der Waals surface area contributed by atoms with E-state index in [0.29, 0.717) is 109 Å². The zero-order valence-corrected chi connectivity index (χ0v) is 81.0. The van der Waals surface area contributed by atoms with Gasteiger partial charge in [0, 0.05) is 128 Å². The molecule has 44 heteroatoms. The summed E-state index contributed by atoms with van der Waals surface area (Å²) in [5, 5.41) is 94.4. The van der Waals surface area contributed by atoms with Gasteiger partial charge in [0.25, 0.3) is 29.5 Å². The zero-order valence-electron chi connectivity index (χ0n) is 79.5. The van der Waals surface area contributed by atoms with Crippen molar-refractivity contribution in [3.8, 4) is 67.8 Å². The average molecular weight is 2040 g/mol. The number of amides is 7. The lowest BCUT2D eigenvalue weighted by Crippen LogP contribution is -2.39. The lowest BCUT2D eigenvalue weighted by molar-refractivity contribution is 0.0900. The fourth-order valence-corrected chi connectivity index (χ4v) is 14.8. The van der Waals surface area contributed by atoms with Crippen LogP contribution in [-0.2, 0) is 39.9 Å². The number of aromatic amines is 4. The Labute approximate surface area is 854 Å². The van der Waals surface area contributed by atoms with Crippen LogP contribution in [-0.4, -0.2) is 195 Å². The number of aliphatic hydroxyl groups excluding tert-OH is 4. The number of aromatic nitrogens is 20. The maximum Gasteiger partial charge on any atom is 0.320 e. The number of hydrogen-bond acceptors (Lipinski definition) is 26. The zero-order chi connectivity index (χ0) is 105. The maximum absolute atomic E-state index is 13.4. The van der Waals surface area contributed by atoms with Gasteiger partial charge in [0.05, 0.1) is 90.5 Å². The molecule has 148 heavy (non-hydrogen) atoms. The third kappa shape index (κ3) is 31.6. The van der Waals surface area contributed by atoms with Gasteiger partial charge >= 0.3 is 6.03 Å². The molecule has 0 fully saturated rings. The summed E-state index contributed by atoms with van der Waals surface area (Å²) in [6, 6.07) is 65.1. The molecule has 18 aromatic rings. The average Bonchev–Trinajstić information content (AvgIpc) is 1.68. The van der Waals surface area contributed by atoms with Crippen LogP contribution in [0.5, 0.6) is 0 Å². The van der Waals surface area contributed by atoms with E-state index in [1.54, 1.807) is 153 Å². The van der Waals surface area contributed by atoms with Crippen LogP contribution < -0.4 is 48.7 Å². The lowest BCUT2D eigenvalue weighted by Gasteiger charge is -2.16. The van der Waals surface area contributed by atoms with Crippen molar-refractivity contribution in [2.45, 2.75) is 56.9 Å². The van der Waals surface area contributed by atoms with E-state index in [2.05, 4.69) is 147 Å². The number of benzene rings is 6. The molecule has 0 bridgehead atoms. The number of aryl methyl sites for hydroxylation is 3. The molecule has 18 rings (SSSR count). The minimum Gasteiger partial charge on any atom is -0.394 e. The van der Waals surface area contributed by atoms with Gasteiger partial charge < -0.3 is 63.8 Å². The molecule has 3 unspecified atom stereocenters. The number of nitrogens with zero attached hydrogens (tertiary/aromatic N) is 16. The number of carbonyl (C=O) groups excluding carboxylic acids is 6. The van der Waals surface area contributed by atoms with Crippen molar-refractivity contribution in [3.63, 3.8) is 0 Å². The number of rotatable bonds is 31. The Morgan fingerprint density at radius 1 is 0.399 bits per heavy atom. The molecule has 0 saturated heterocycles. The van der Waals surface area contributed by atoms with Crippen molar-refractivity contribution in [3.05, 3.63) is 400 Å². The van der Waals surface area contributed by atoms with Crippen LogP contribution in [0.3, 0.4) is 0 Å². The van der Waals surface area contributed by atoms with Crippen LogP contribution >= 0.6 is 23.2 Å². The Morgan fingerprint density at radius 2 is 0.851 bits per heavy atom. The number of H-pyrrole nitrogens is 4. The molecular formula is C104H100Cl2F3N29O10. The Bertz CT molecular complexity index is 7430. The van der Waals surface area contributed by atoms with Crippen molar-refractivity contribution in [2.75, 3.05) is 49.8 Å². The summed E-state index contributed by atoms with van der Waals surface area (Å²) in [6.07, 6.45) is 18.5. The van der Waals surface area contributed by atoms with Gasteiger partial charge in [0.15, 0.2) is 11.5 Å². The number of carbonyl (C=O) groups is 6. The van der Waals surface area contributed by atoms with Crippen molar-refractivity contribution < 1.29 is 62.4 Å². The first-order valence-corrected chi connectivity index (χ1v) is 46.4. The summed E-state index contributed by atoms with van der Waals surface area (Å²) in [4.78, 5) is 105. The SMILES string of the molecule is CCc1cccc(CNC(=O)Nc2cc(-c3ccnc(N)n3)[nH]n2)c1.Cn1nc(-c2ccncc2)cc1C(=O)NC(CO)c1cccc(F)c1.Cn1nc(C(=O)NC(CO)c2cccc(F)c2)cc1-c1ccncc1.Nc1nccc(-c2cc(C(=O)N[C@H](CO)c3cccc(F)c3)[nH]n2)n1.O=C(NC(CO)Cc1cccc(Cl)c1)c1cc(-c2ccncc2)n[nH]1.O=C(NCCc1cccc(Cl)c1)c1cc(-c2ccncc2)n[nH]1. The third-order valence-electron chi connectivity index (χ3n) is 21.9. The molecule has 7 amide bonds. The van der Waals surface area contributed by atoms with Crippen LogP contribution in [0.25, 0.3) is 67.8 Å². The van der Waals surface area contributed by atoms with Crippen molar-refractivity contribution >= 4 is 76.5 Å². The molecule has 6 aromatic carbocycles. The second-order valence-corrected chi connectivity index (χ2v) is 33.3. The van der Waals surface area contributed by atoms with Gasteiger partial charge in [-0.15, -0.1) is 0 Å². The molecule has 0 radical (unpaired) electrons. The second kappa shape index (κ2) is 53.7. The van der Waals surface area contributed by atoms with Gasteiger partial charge in [-0.2, -0.15) is 30.6 Å². The number of nitrogens with two attached hydrogens (primary N) is 2. The molecule has 19 N–H and O–H groups in total. The number of anilines is 3. The summed E-state index contributed by atoms with van der Waals surface area (Å²) in [5.74, 6) is -2.49. The van der Waals surface area contributed by atoms with Gasteiger partial charge in [-0.1, -0.05) is 115 Å². The molecular weight excluding hydrogens is 1940 g/mol. The highest BCUT2D eigenvalue weighted by Gasteiger charge is 2.25. The van der Waals surface area contributed by atoms with E-state index in [4.69, 9.17) is 34.7 Å². The Morgan fingerprint density at radius 3 is 1.37 bits per heavy atom. The quantitative estimate of drug-likeness (QED) is 0.0192. The van der Waals surface area contributed by atoms with E-state index in [0.717, 1.165) is 57.5 Å². The van der Waals surface area contributed by atoms with E-state index >= 15 is 0 Å². The van der Waals surface area contributed by atoms with E-state index in [9.17, 15) is 62.4 Å². The summed E-state index contributed by atoms with van der Waals surface area (Å²) in [7, 11) is 3.40. The molecule has 39 nitrogen and oxygen atoms in total. The highest BCUT2D eigenvalue weighted by Crippen LogP contribution is 2.27. The molecule has 4 atom stereocenters. The van der Waals surface area contributed by atoms with Gasteiger partial charge in [0.1, 0.15) is 45.9 Å². The number of hydrogen-bond donors (Lipinski definition) is 17. The number of nitrogens with one attached hydrogen (secondary N) is 11. The van der Waals surface area contributed by atoms with Crippen molar-refractivity contribution in [2.24, 2.45) is 14.1 Å². The number of halogens is 5. The second-order valence-electron chi connectivity index (χ2n) is 32.4. The molecule has 0 aliphatic rings. The molecule has 0 aliphatic carbocycles. The Balaban J connectivity index is 0.000000148. The van der Waals surface area contributed by atoms with Crippen LogP contribution in [0, 0.1) is 17.5 Å². The molecule has 0 spiro atoms. The van der Waals surface area contributed by atoms with E-state index in [1.807, 2.05) is 91.0 Å². The highest BCUT2D eigenvalue weighted by atomic mass is 35.5.